The highest BCUT2D eigenvalue weighted by atomic mass is 79.9. The Labute approximate surface area is 98.0 Å². The van der Waals surface area contributed by atoms with E-state index in [2.05, 4.69) is 28.2 Å². The molecule has 4 heteroatoms. The molecule has 0 saturated carbocycles. The van der Waals surface area contributed by atoms with Gasteiger partial charge >= 0.3 is 0 Å². The van der Waals surface area contributed by atoms with Crippen LogP contribution in [0.2, 0.25) is 0 Å². The maximum absolute atomic E-state index is 12.9. The SMILES string of the molecule is CCNCCCOc1cc(F)cc(Br)c1. The van der Waals surface area contributed by atoms with Gasteiger partial charge in [-0.3, -0.25) is 0 Å². The zero-order chi connectivity index (χ0) is 11.1. The fourth-order valence-corrected chi connectivity index (χ4v) is 1.62. The summed E-state index contributed by atoms with van der Waals surface area (Å²) in [5.74, 6) is 0.282. The lowest BCUT2D eigenvalue weighted by Gasteiger charge is -2.06. The van der Waals surface area contributed by atoms with Crippen molar-refractivity contribution in [1.82, 2.24) is 5.32 Å². The van der Waals surface area contributed by atoms with Crippen LogP contribution in [0.1, 0.15) is 13.3 Å². The Hall–Kier alpha value is -0.610. The van der Waals surface area contributed by atoms with Crippen molar-refractivity contribution in [2.45, 2.75) is 13.3 Å². The maximum atomic E-state index is 12.9. The molecule has 0 aliphatic carbocycles. The van der Waals surface area contributed by atoms with Crippen LogP contribution in [0.5, 0.6) is 5.75 Å². The Morgan fingerprint density at radius 2 is 2.20 bits per heavy atom. The van der Waals surface area contributed by atoms with E-state index in [0.29, 0.717) is 16.8 Å². The van der Waals surface area contributed by atoms with E-state index in [-0.39, 0.29) is 5.82 Å². The van der Waals surface area contributed by atoms with Gasteiger partial charge in [0.05, 0.1) is 6.61 Å². The first kappa shape index (κ1) is 12.5. The topological polar surface area (TPSA) is 21.3 Å². The normalized spacial score (nSPS) is 10.3. The first-order valence-electron chi connectivity index (χ1n) is 5.02. The lowest BCUT2D eigenvalue weighted by molar-refractivity contribution is 0.307. The minimum atomic E-state index is -0.286. The van der Waals surface area contributed by atoms with Crippen molar-refractivity contribution in [3.63, 3.8) is 0 Å². The number of hydrogen-bond donors (Lipinski definition) is 1. The number of hydrogen-bond acceptors (Lipinski definition) is 2. The molecular formula is C11H15BrFNO. The Bertz CT molecular complexity index is 286. The number of halogens is 2. The van der Waals surface area contributed by atoms with E-state index in [4.69, 9.17) is 4.74 Å². The van der Waals surface area contributed by atoms with Crippen molar-refractivity contribution in [1.29, 1.82) is 0 Å². The summed E-state index contributed by atoms with van der Waals surface area (Å²) < 4.78 is 19.0. The number of nitrogens with one attached hydrogen (secondary N) is 1. The van der Waals surface area contributed by atoms with E-state index in [1.807, 2.05) is 0 Å². The van der Waals surface area contributed by atoms with Gasteiger partial charge in [0.15, 0.2) is 0 Å². The van der Waals surface area contributed by atoms with Gasteiger partial charge in [-0.05, 0) is 31.6 Å². The largest absolute Gasteiger partial charge is 0.493 e. The van der Waals surface area contributed by atoms with Gasteiger partial charge < -0.3 is 10.1 Å². The maximum Gasteiger partial charge on any atom is 0.128 e. The lowest BCUT2D eigenvalue weighted by atomic mass is 10.3. The predicted octanol–water partition coefficient (Wildman–Crippen LogP) is 2.97. The Balaban J connectivity index is 2.31. The van der Waals surface area contributed by atoms with Gasteiger partial charge in [-0.1, -0.05) is 22.9 Å². The van der Waals surface area contributed by atoms with E-state index in [9.17, 15) is 4.39 Å². The molecule has 0 atom stereocenters. The standard InChI is InChI=1S/C11H15BrFNO/c1-2-14-4-3-5-15-11-7-9(12)6-10(13)8-11/h6-8,14H,2-5H2,1H3. The minimum Gasteiger partial charge on any atom is -0.493 e. The highest BCUT2D eigenvalue weighted by Gasteiger charge is 1.99. The van der Waals surface area contributed by atoms with Gasteiger partial charge in [0.25, 0.3) is 0 Å². The molecule has 0 heterocycles. The molecule has 0 bridgehead atoms. The second-order valence-electron chi connectivity index (χ2n) is 3.16. The average molecular weight is 276 g/mol. The van der Waals surface area contributed by atoms with Crippen LogP contribution in [0.3, 0.4) is 0 Å². The van der Waals surface area contributed by atoms with Crippen LogP contribution in [0.25, 0.3) is 0 Å². The van der Waals surface area contributed by atoms with Crippen LogP contribution in [0.15, 0.2) is 22.7 Å². The van der Waals surface area contributed by atoms with Crippen molar-refractivity contribution >= 4 is 15.9 Å². The smallest absolute Gasteiger partial charge is 0.128 e. The van der Waals surface area contributed by atoms with Gasteiger partial charge in [-0.25, -0.2) is 4.39 Å². The molecule has 1 N–H and O–H groups in total. The predicted molar refractivity (Wildman–Crippen MR) is 62.8 cm³/mol. The summed E-state index contributed by atoms with van der Waals surface area (Å²) in [4.78, 5) is 0. The summed E-state index contributed by atoms with van der Waals surface area (Å²) in [6.45, 7) is 4.55. The second-order valence-corrected chi connectivity index (χ2v) is 4.08. The van der Waals surface area contributed by atoms with Gasteiger partial charge in [-0.2, -0.15) is 0 Å². The van der Waals surface area contributed by atoms with Crippen LogP contribution in [-0.4, -0.2) is 19.7 Å². The highest BCUT2D eigenvalue weighted by Crippen LogP contribution is 2.20. The van der Waals surface area contributed by atoms with E-state index in [1.165, 1.54) is 12.1 Å². The van der Waals surface area contributed by atoms with Crippen LogP contribution in [0, 0.1) is 5.82 Å². The van der Waals surface area contributed by atoms with Crippen molar-refractivity contribution < 1.29 is 9.13 Å². The Morgan fingerprint density at radius 1 is 1.40 bits per heavy atom. The molecule has 84 valence electrons. The van der Waals surface area contributed by atoms with E-state index in [1.54, 1.807) is 6.07 Å². The molecule has 2 nitrogen and oxygen atoms in total. The fraction of sp³-hybridized carbons (Fsp3) is 0.455. The van der Waals surface area contributed by atoms with E-state index in [0.717, 1.165) is 19.5 Å². The summed E-state index contributed by atoms with van der Waals surface area (Å²) >= 11 is 3.21. The summed E-state index contributed by atoms with van der Waals surface area (Å²) in [5.41, 5.74) is 0. The van der Waals surface area contributed by atoms with E-state index < -0.39 is 0 Å². The molecular weight excluding hydrogens is 261 g/mol. The van der Waals surface area contributed by atoms with Gasteiger partial charge in [0, 0.05) is 10.5 Å². The van der Waals surface area contributed by atoms with Crippen molar-refractivity contribution in [2.75, 3.05) is 19.7 Å². The van der Waals surface area contributed by atoms with Crippen molar-refractivity contribution in [3.05, 3.63) is 28.5 Å². The number of rotatable bonds is 6. The minimum absolute atomic E-state index is 0.286. The molecule has 0 radical (unpaired) electrons. The fourth-order valence-electron chi connectivity index (χ4n) is 1.18. The third-order valence-electron chi connectivity index (χ3n) is 1.85. The molecule has 0 saturated heterocycles. The quantitative estimate of drug-likeness (QED) is 0.806. The third kappa shape index (κ3) is 5.14. The molecule has 0 spiro atoms. The molecule has 0 aliphatic rings. The molecule has 15 heavy (non-hydrogen) atoms. The van der Waals surface area contributed by atoms with Crippen LogP contribution >= 0.6 is 15.9 Å². The van der Waals surface area contributed by atoms with Crippen molar-refractivity contribution in [2.24, 2.45) is 0 Å². The average Bonchev–Trinajstić information content (AvgIpc) is 2.16. The monoisotopic (exact) mass is 275 g/mol. The Kier molecular flexibility index (Phi) is 5.65. The summed E-state index contributed by atoms with van der Waals surface area (Å²) in [6.07, 6.45) is 0.919. The molecule has 0 aliphatic heterocycles. The van der Waals surface area contributed by atoms with Crippen LogP contribution in [-0.2, 0) is 0 Å². The molecule has 0 amide bonds. The molecule has 1 rings (SSSR count). The number of ether oxygens (including phenoxy) is 1. The molecule has 0 aromatic heterocycles. The van der Waals surface area contributed by atoms with Gasteiger partial charge in [0.1, 0.15) is 11.6 Å². The highest BCUT2D eigenvalue weighted by molar-refractivity contribution is 9.10. The first-order valence-corrected chi connectivity index (χ1v) is 5.81. The summed E-state index contributed by atoms with van der Waals surface area (Å²) in [5, 5.41) is 3.19. The Morgan fingerprint density at radius 3 is 2.87 bits per heavy atom. The summed E-state index contributed by atoms with van der Waals surface area (Å²) in [7, 11) is 0. The van der Waals surface area contributed by atoms with Crippen LogP contribution in [0.4, 0.5) is 4.39 Å². The molecule has 0 unspecified atom stereocenters. The van der Waals surface area contributed by atoms with Gasteiger partial charge in [-0.15, -0.1) is 0 Å². The molecule has 1 aromatic rings. The zero-order valence-corrected chi connectivity index (χ0v) is 10.3. The van der Waals surface area contributed by atoms with Crippen LogP contribution < -0.4 is 10.1 Å². The van der Waals surface area contributed by atoms with Crippen molar-refractivity contribution in [3.8, 4) is 5.75 Å². The molecule has 0 fully saturated rings. The first-order chi connectivity index (χ1) is 7.22. The third-order valence-corrected chi connectivity index (χ3v) is 2.31. The molecule has 1 aromatic carbocycles. The lowest BCUT2D eigenvalue weighted by Crippen LogP contribution is -2.16. The zero-order valence-electron chi connectivity index (χ0n) is 8.72. The number of benzene rings is 1. The second kappa shape index (κ2) is 6.80. The van der Waals surface area contributed by atoms with Gasteiger partial charge in [0.2, 0.25) is 0 Å². The summed E-state index contributed by atoms with van der Waals surface area (Å²) in [6, 6.07) is 4.56. The van der Waals surface area contributed by atoms with E-state index >= 15 is 0 Å².